The van der Waals surface area contributed by atoms with Gasteiger partial charge in [0.2, 0.25) is 29.6 Å². The summed E-state index contributed by atoms with van der Waals surface area (Å²) in [5, 5.41) is 14.8. The van der Waals surface area contributed by atoms with Crippen LogP contribution >= 0.6 is 15.9 Å². The van der Waals surface area contributed by atoms with Gasteiger partial charge in [-0.2, -0.15) is 4.98 Å². The fourth-order valence-corrected chi connectivity index (χ4v) is 8.88. The Morgan fingerprint density at radius 3 is 2.49 bits per heavy atom. The van der Waals surface area contributed by atoms with Crippen molar-refractivity contribution in [3.63, 3.8) is 0 Å². The summed E-state index contributed by atoms with van der Waals surface area (Å²) in [6.45, 7) is 5.42. The molecule has 1 fully saturated rings. The second-order valence-corrected chi connectivity index (χ2v) is 17.8. The Morgan fingerprint density at radius 1 is 0.926 bits per heavy atom. The number of ether oxygens (including phenoxy) is 2. The SMILES string of the molecule is CC[C@@H]1C(=O)N(C)c2cnc(Nc3ccc(C(=O)NCCOCCNCCCCCCCC(=O)Nc4cccc5c4CN(C4CCC(=O)NC4=O)C5=O)cc3OC)nc2N1Cc1ccc(Br)cc1. The second-order valence-electron chi connectivity index (χ2n) is 16.9. The van der Waals surface area contributed by atoms with Crippen molar-refractivity contribution in [1.82, 2.24) is 30.8 Å². The van der Waals surface area contributed by atoms with Crippen molar-refractivity contribution in [2.75, 3.05) is 67.4 Å². The van der Waals surface area contributed by atoms with Gasteiger partial charge in [-0.3, -0.25) is 34.1 Å². The number of nitrogens with one attached hydrogen (secondary N) is 5. The van der Waals surface area contributed by atoms with E-state index in [1.54, 1.807) is 54.5 Å². The Labute approximate surface area is 404 Å². The van der Waals surface area contributed by atoms with Crippen molar-refractivity contribution in [3.05, 3.63) is 93.6 Å². The number of aromatic nitrogens is 2. The molecule has 7 rings (SSSR count). The number of unbranched alkanes of at least 4 members (excludes halogenated alkanes) is 4. The number of hydrogen-bond acceptors (Lipinski definition) is 13. The van der Waals surface area contributed by atoms with Gasteiger partial charge in [-0.05, 0) is 80.3 Å². The van der Waals surface area contributed by atoms with Crippen molar-refractivity contribution in [1.29, 1.82) is 0 Å². The third kappa shape index (κ3) is 12.2. The van der Waals surface area contributed by atoms with Crippen molar-refractivity contribution in [3.8, 4) is 5.75 Å². The molecule has 2 atom stereocenters. The maximum absolute atomic E-state index is 13.3. The number of carbonyl (C=O) groups is 6. The van der Waals surface area contributed by atoms with Crippen LogP contribution in [0.15, 0.2) is 71.3 Å². The summed E-state index contributed by atoms with van der Waals surface area (Å²) in [4.78, 5) is 90.7. The number of carbonyl (C=O) groups excluding carboxylic acids is 6. The first-order chi connectivity index (χ1) is 32.9. The molecule has 1 saturated heterocycles. The molecule has 19 heteroatoms. The van der Waals surface area contributed by atoms with E-state index in [1.807, 2.05) is 36.1 Å². The van der Waals surface area contributed by atoms with Crippen LogP contribution in [0.4, 0.5) is 28.8 Å². The van der Waals surface area contributed by atoms with E-state index in [-0.39, 0.29) is 48.9 Å². The maximum Gasteiger partial charge on any atom is 0.255 e. The van der Waals surface area contributed by atoms with E-state index in [2.05, 4.69) is 47.5 Å². The first-order valence-corrected chi connectivity index (χ1v) is 24.0. The van der Waals surface area contributed by atoms with Gasteiger partial charge in [-0.25, -0.2) is 4.98 Å². The van der Waals surface area contributed by atoms with Crippen LogP contribution in [0.1, 0.15) is 96.6 Å². The average Bonchev–Trinajstić information content (AvgIpc) is 3.67. The fraction of sp³-hybridized carbons (Fsp3) is 0.429. The van der Waals surface area contributed by atoms with E-state index in [9.17, 15) is 28.8 Å². The Hall–Kier alpha value is -6.44. The molecular formula is C49H59BrN10O8. The molecule has 5 N–H and O–H groups in total. The predicted molar refractivity (Wildman–Crippen MR) is 261 cm³/mol. The Morgan fingerprint density at radius 2 is 1.71 bits per heavy atom. The molecule has 0 bridgehead atoms. The fourth-order valence-electron chi connectivity index (χ4n) is 8.61. The lowest BCUT2D eigenvalue weighted by atomic mass is 10.0. The molecule has 0 aliphatic carbocycles. The standard InChI is InChI=1S/C49H59BrN10O8/c1-4-38-48(66)58(2)40-28-53-49(57-44(40)59(38)29-31-14-17-33(50)18-15-31)55-37-19-16-32(27-41(37)67-3)45(63)52-24-26-68-25-23-51-22-9-7-5-6-8-13-42(61)54-36-12-10-11-34-35(36)30-60(47(34)65)39-20-21-43(62)56-46(39)64/h10-12,14-19,27-28,38-39,51H,4-9,13,20-26,29-30H2,1-3H3,(H,52,63)(H,54,61)(H,53,55,57)(H,56,62,64)/t38-,39?/m1/s1. The summed E-state index contributed by atoms with van der Waals surface area (Å²) in [6, 6.07) is 17.2. The van der Waals surface area contributed by atoms with Crippen LogP contribution in [-0.2, 0) is 37.0 Å². The van der Waals surface area contributed by atoms with Crippen molar-refractivity contribution in [2.45, 2.75) is 89.9 Å². The summed E-state index contributed by atoms with van der Waals surface area (Å²) in [5.74, 6) is -0.0822. The van der Waals surface area contributed by atoms with Gasteiger partial charge in [0, 0.05) is 72.9 Å². The predicted octanol–water partition coefficient (Wildman–Crippen LogP) is 5.83. The van der Waals surface area contributed by atoms with Crippen LogP contribution in [0, 0.1) is 0 Å². The molecular weight excluding hydrogens is 937 g/mol. The summed E-state index contributed by atoms with van der Waals surface area (Å²) in [5.41, 5.74) is 4.38. The van der Waals surface area contributed by atoms with Gasteiger partial charge in [0.25, 0.3) is 11.8 Å². The van der Waals surface area contributed by atoms with E-state index < -0.39 is 18.0 Å². The number of anilines is 5. The van der Waals surface area contributed by atoms with Crippen LogP contribution in [0.25, 0.3) is 0 Å². The lowest BCUT2D eigenvalue weighted by molar-refractivity contribution is -0.137. The van der Waals surface area contributed by atoms with E-state index in [4.69, 9.17) is 14.5 Å². The summed E-state index contributed by atoms with van der Waals surface area (Å²) < 4.78 is 12.3. The molecule has 4 aromatic rings. The summed E-state index contributed by atoms with van der Waals surface area (Å²) in [7, 11) is 3.27. The Balaban J connectivity index is 0.752. The molecule has 1 unspecified atom stereocenters. The third-order valence-corrected chi connectivity index (χ3v) is 12.8. The van der Waals surface area contributed by atoms with E-state index >= 15 is 0 Å². The second kappa shape index (κ2) is 23.5. The molecule has 1 aromatic heterocycles. The smallest absolute Gasteiger partial charge is 0.255 e. The molecule has 4 heterocycles. The van der Waals surface area contributed by atoms with Gasteiger partial charge < -0.3 is 45.4 Å². The topological polar surface area (TPSA) is 217 Å². The third-order valence-electron chi connectivity index (χ3n) is 12.3. The molecule has 0 spiro atoms. The highest BCUT2D eigenvalue weighted by atomic mass is 79.9. The number of hydrogen-bond donors (Lipinski definition) is 5. The van der Waals surface area contributed by atoms with E-state index in [0.29, 0.717) is 97.0 Å². The summed E-state index contributed by atoms with van der Waals surface area (Å²) >= 11 is 3.49. The van der Waals surface area contributed by atoms with Gasteiger partial charge in [0.1, 0.15) is 23.5 Å². The highest BCUT2D eigenvalue weighted by molar-refractivity contribution is 9.10. The zero-order valence-corrected chi connectivity index (χ0v) is 40.3. The first-order valence-electron chi connectivity index (χ1n) is 23.2. The van der Waals surface area contributed by atoms with E-state index in [0.717, 1.165) is 48.7 Å². The van der Waals surface area contributed by atoms with Gasteiger partial charge in [-0.15, -0.1) is 0 Å². The Bertz CT molecular complexity index is 2490. The molecule has 68 heavy (non-hydrogen) atoms. The molecule has 3 aromatic carbocycles. The van der Waals surface area contributed by atoms with Crippen molar-refractivity contribution < 1.29 is 38.2 Å². The number of halogens is 1. The first kappa shape index (κ1) is 49.5. The highest BCUT2D eigenvalue weighted by Gasteiger charge is 2.40. The van der Waals surface area contributed by atoms with Gasteiger partial charge in [0.15, 0.2) is 5.82 Å². The lowest BCUT2D eigenvalue weighted by Gasteiger charge is -2.40. The molecule has 6 amide bonds. The van der Waals surface area contributed by atoms with Crippen molar-refractivity contribution >= 4 is 80.2 Å². The van der Waals surface area contributed by atoms with E-state index in [1.165, 1.54) is 12.0 Å². The number of amides is 6. The minimum Gasteiger partial charge on any atom is -0.495 e. The number of likely N-dealkylation sites (N-methyl/N-ethyl adjacent to an activating group) is 1. The molecule has 0 saturated carbocycles. The quantitative estimate of drug-likeness (QED) is 0.0438. The number of benzene rings is 3. The van der Waals surface area contributed by atoms with Crippen molar-refractivity contribution in [2.24, 2.45) is 0 Å². The monoisotopic (exact) mass is 994 g/mol. The Kier molecular flexibility index (Phi) is 17.1. The van der Waals surface area contributed by atoms with Gasteiger partial charge in [0.05, 0.1) is 32.2 Å². The summed E-state index contributed by atoms with van der Waals surface area (Å²) in [6.07, 6.45) is 7.78. The van der Waals surface area contributed by atoms with Gasteiger partial charge >= 0.3 is 0 Å². The molecule has 0 radical (unpaired) electrons. The molecule has 3 aliphatic heterocycles. The number of imide groups is 1. The highest BCUT2D eigenvalue weighted by Crippen LogP contribution is 2.38. The number of piperidine rings is 1. The molecule has 3 aliphatic rings. The normalized spacial score (nSPS) is 16.6. The maximum atomic E-state index is 13.3. The largest absolute Gasteiger partial charge is 0.495 e. The zero-order valence-electron chi connectivity index (χ0n) is 38.7. The number of methoxy groups -OCH3 is 1. The average molecular weight is 996 g/mol. The zero-order chi connectivity index (χ0) is 48.2. The lowest BCUT2D eigenvalue weighted by Crippen LogP contribution is -2.52. The number of fused-ring (bicyclic) bond motifs is 2. The van der Waals surface area contributed by atoms with Crippen LogP contribution in [0.5, 0.6) is 5.75 Å². The minimum atomic E-state index is -0.707. The van der Waals surface area contributed by atoms with Crippen LogP contribution in [0.2, 0.25) is 0 Å². The number of nitrogens with zero attached hydrogens (tertiary/aromatic N) is 5. The van der Waals surface area contributed by atoms with Gasteiger partial charge in [-0.1, -0.05) is 60.3 Å². The van der Waals surface area contributed by atoms with Crippen LogP contribution in [0.3, 0.4) is 0 Å². The van der Waals surface area contributed by atoms with Crippen LogP contribution < -0.4 is 41.1 Å². The molecule has 18 nitrogen and oxygen atoms in total. The molecule has 360 valence electrons. The van der Waals surface area contributed by atoms with Crippen LogP contribution in [-0.4, -0.2) is 109 Å². The number of rotatable bonds is 23. The minimum absolute atomic E-state index is 0.0178.